The lowest BCUT2D eigenvalue weighted by atomic mass is 10.0. The number of halogens is 1. The number of ether oxygens (including phenoxy) is 1. The Morgan fingerprint density at radius 1 is 1.09 bits per heavy atom. The van der Waals surface area contributed by atoms with Crippen molar-refractivity contribution in [1.82, 2.24) is 4.57 Å². The van der Waals surface area contributed by atoms with Gasteiger partial charge in [-0.3, -0.25) is 4.79 Å². The van der Waals surface area contributed by atoms with E-state index in [0.717, 1.165) is 38.0 Å². The van der Waals surface area contributed by atoms with E-state index in [9.17, 15) is 9.18 Å². The van der Waals surface area contributed by atoms with Crippen molar-refractivity contribution < 1.29 is 13.9 Å². The van der Waals surface area contributed by atoms with Gasteiger partial charge in [-0.15, -0.1) is 11.8 Å². The molecule has 0 aliphatic heterocycles. The molecule has 3 aromatic carbocycles. The second-order valence-corrected chi connectivity index (χ2v) is 9.92. The highest BCUT2D eigenvalue weighted by molar-refractivity contribution is 7.98. The Kier molecular flexibility index (Phi) is 6.04. The molecule has 0 aliphatic carbocycles. The van der Waals surface area contributed by atoms with E-state index in [1.165, 1.54) is 11.5 Å². The van der Waals surface area contributed by atoms with Crippen LogP contribution in [-0.2, 0) is 22.5 Å². The van der Waals surface area contributed by atoms with Gasteiger partial charge in [-0.05, 0) is 68.8 Å². The second-order valence-electron chi connectivity index (χ2n) is 9.11. The minimum atomic E-state index is -0.526. The smallest absolute Gasteiger partial charge is 0.310 e. The van der Waals surface area contributed by atoms with Gasteiger partial charge in [0.15, 0.2) is 0 Å². The number of para-hydroxylation sites is 1. The number of aromatic nitrogens is 1. The number of benzene rings is 3. The monoisotopic (exact) mass is 449 g/mol. The van der Waals surface area contributed by atoms with Gasteiger partial charge in [-0.25, -0.2) is 4.39 Å². The SMILES string of the molecule is CSc1c(CC(=O)OC(C)(C)C)cc(C)c2c3ccccc3n(Cc3cccc(F)c3)c12. The van der Waals surface area contributed by atoms with Gasteiger partial charge in [0.25, 0.3) is 0 Å². The van der Waals surface area contributed by atoms with E-state index >= 15 is 0 Å². The molecule has 0 aliphatic rings. The molecule has 0 saturated heterocycles. The van der Waals surface area contributed by atoms with Gasteiger partial charge in [-0.1, -0.05) is 36.4 Å². The van der Waals surface area contributed by atoms with Gasteiger partial charge in [0, 0.05) is 27.7 Å². The second kappa shape index (κ2) is 8.62. The topological polar surface area (TPSA) is 31.2 Å². The molecule has 1 aromatic heterocycles. The number of carbonyl (C=O) groups is 1. The molecular formula is C27H28FNO2S. The maximum absolute atomic E-state index is 13.9. The van der Waals surface area contributed by atoms with Crippen molar-refractivity contribution in [3.63, 3.8) is 0 Å². The van der Waals surface area contributed by atoms with Gasteiger partial charge in [-0.2, -0.15) is 0 Å². The summed E-state index contributed by atoms with van der Waals surface area (Å²) < 4.78 is 21.8. The predicted octanol–water partition coefficient (Wildman–Crippen LogP) is 6.90. The number of thioether (sulfide) groups is 1. The first-order valence-corrected chi connectivity index (χ1v) is 11.9. The summed E-state index contributed by atoms with van der Waals surface area (Å²) in [6, 6.07) is 17.1. The summed E-state index contributed by atoms with van der Waals surface area (Å²) >= 11 is 1.63. The number of nitrogens with zero attached hydrogens (tertiary/aromatic N) is 1. The van der Waals surface area contributed by atoms with Crippen molar-refractivity contribution in [3.05, 3.63) is 77.1 Å². The molecule has 0 amide bonds. The van der Waals surface area contributed by atoms with Crippen molar-refractivity contribution in [2.75, 3.05) is 6.26 Å². The molecule has 4 aromatic rings. The quantitative estimate of drug-likeness (QED) is 0.245. The fourth-order valence-electron chi connectivity index (χ4n) is 4.36. The first-order chi connectivity index (χ1) is 15.2. The molecule has 0 atom stereocenters. The van der Waals surface area contributed by atoms with Crippen LogP contribution in [0.2, 0.25) is 0 Å². The molecular weight excluding hydrogens is 421 g/mol. The van der Waals surface area contributed by atoms with Crippen LogP contribution < -0.4 is 0 Å². The van der Waals surface area contributed by atoms with E-state index in [0.29, 0.717) is 6.54 Å². The molecule has 0 spiro atoms. The lowest BCUT2D eigenvalue weighted by Crippen LogP contribution is -2.25. The third-order valence-corrected chi connectivity index (χ3v) is 6.32. The average molecular weight is 450 g/mol. The zero-order valence-electron chi connectivity index (χ0n) is 19.2. The zero-order valence-corrected chi connectivity index (χ0v) is 20.0. The molecule has 1 heterocycles. The molecule has 4 rings (SSSR count). The first-order valence-electron chi connectivity index (χ1n) is 10.7. The normalized spacial score (nSPS) is 11.9. The Morgan fingerprint density at radius 3 is 2.53 bits per heavy atom. The maximum Gasteiger partial charge on any atom is 0.310 e. The highest BCUT2D eigenvalue weighted by atomic mass is 32.2. The summed E-state index contributed by atoms with van der Waals surface area (Å²) in [4.78, 5) is 13.7. The molecule has 0 radical (unpaired) electrons. The van der Waals surface area contributed by atoms with Gasteiger partial charge in [0.2, 0.25) is 0 Å². The van der Waals surface area contributed by atoms with E-state index < -0.39 is 5.60 Å². The number of esters is 1. The molecule has 32 heavy (non-hydrogen) atoms. The molecule has 0 unspecified atom stereocenters. The van der Waals surface area contributed by atoms with Crippen molar-refractivity contribution in [2.24, 2.45) is 0 Å². The van der Waals surface area contributed by atoms with Crippen LogP contribution in [-0.4, -0.2) is 22.4 Å². The first kappa shape index (κ1) is 22.4. The Balaban J connectivity index is 1.94. The molecule has 0 bridgehead atoms. The highest BCUT2D eigenvalue weighted by Gasteiger charge is 2.22. The Morgan fingerprint density at radius 2 is 1.84 bits per heavy atom. The summed E-state index contributed by atoms with van der Waals surface area (Å²) in [5, 5.41) is 2.34. The minimum absolute atomic E-state index is 0.214. The van der Waals surface area contributed by atoms with Crippen molar-refractivity contribution in [3.8, 4) is 0 Å². The Hall–Kier alpha value is -2.79. The lowest BCUT2D eigenvalue weighted by Gasteiger charge is -2.20. The molecule has 166 valence electrons. The van der Waals surface area contributed by atoms with Gasteiger partial charge < -0.3 is 9.30 Å². The van der Waals surface area contributed by atoms with E-state index in [1.54, 1.807) is 23.9 Å². The molecule has 0 saturated carbocycles. The highest BCUT2D eigenvalue weighted by Crippen LogP contribution is 2.40. The van der Waals surface area contributed by atoms with Crippen molar-refractivity contribution in [2.45, 2.75) is 51.2 Å². The lowest BCUT2D eigenvalue weighted by molar-refractivity contribution is -0.153. The molecule has 3 nitrogen and oxygen atoms in total. The van der Waals surface area contributed by atoms with Gasteiger partial charge in [0.05, 0.1) is 11.9 Å². The number of carbonyl (C=O) groups excluding carboxylic acids is 1. The Bertz CT molecular complexity index is 1320. The summed E-state index contributed by atoms with van der Waals surface area (Å²) in [6.07, 6.45) is 2.25. The van der Waals surface area contributed by atoms with Crippen molar-refractivity contribution in [1.29, 1.82) is 0 Å². The number of fused-ring (bicyclic) bond motifs is 3. The fourth-order valence-corrected chi connectivity index (χ4v) is 5.16. The van der Waals surface area contributed by atoms with E-state index in [-0.39, 0.29) is 18.2 Å². The van der Waals surface area contributed by atoms with E-state index in [1.807, 2.05) is 45.2 Å². The van der Waals surface area contributed by atoms with Crippen LogP contribution in [0.4, 0.5) is 4.39 Å². The fraction of sp³-hybridized carbons (Fsp3) is 0.296. The van der Waals surface area contributed by atoms with E-state index in [2.05, 4.69) is 29.7 Å². The third-order valence-electron chi connectivity index (χ3n) is 5.45. The van der Waals surface area contributed by atoms with Gasteiger partial charge >= 0.3 is 5.97 Å². The van der Waals surface area contributed by atoms with Crippen LogP contribution in [0.5, 0.6) is 0 Å². The van der Waals surface area contributed by atoms with Gasteiger partial charge in [0.1, 0.15) is 11.4 Å². The van der Waals surface area contributed by atoms with Crippen LogP contribution >= 0.6 is 11.8 Å². The zero-order chi connectivity index (χ0) is 23.0. The summed E-state index contributed by atoms with van der Waals surface area (Å²) in [6.45, 7) is 8.28. The molecule has 0 fully saturated rings. The van der Waals surface area contributed by atoms with Crippen LogP contribution in [0.3, 0.4) is 0 Å². The van der Waals surface area contributed by atoms with Crippen LogP contribution in [0.1, 0.15) is 37.5 Å². The van der Waals surface area contributed by atoms with Crippen molar-refractivity contribution >= 4 is 39.5 Å². The average Bonchev–Trinajstić information content (AvgIpc) is 3.02. The van der Waals surface area contributed by atoms with E-state index in [4.69, 9.17) is 4.74 Å². The molecule has 5 heteroatoms. The molecule has 0 N–H and O–H groups in total. The summed E-state index contributed by atoms with van der Waals surface area (Å²) in [5.74, 6) is -0.477. The Labute approximate surface area is 192 Å². The number of aryl methyl sites for hydroxylation is 1. The van der Waals surface area contributed by atoms with Crippen LogP contribution in [0.25, 0.3) is 21.8 Å². The third kappa shape index (κ3) is 4.40. The number of hydrogen-bond donors (Lipinski definition) is 0. The largest absolute Gasteiger partial charge is 0.460 e. The standard InChI is InChI=1S/C27H28FNO2S/c1-17-13-19(15-23(30)31-27(2,3)4)26(32-5)25-24(17)21-11-6-7-12-22(21)29(25)16-18-9-8-10-20(28)14-18/h6-14H,15-16H2,1-5H3. The summed E-state index contributed by atoms with van der Waals surface area (Å²) in [5.41, 5.74) is 4.63. The maximum atomic E-state index is 13.9. The van der Waals surface area contributed by atoms with Crippen LogP contribution in [0, 0.1) is 12.7 Å². The number of hydrogen-bond acceptors (Lipinski definition) is 3. The van der Waals surface area contributed by atoms with Crippen LogP contribution in [0.15, 0.2) is 59.5 Å². The minimum Gasteiger partial charge on any atom is -0.460 e. The summed E-state index contributed by atoms with van der Waals surface area (Å²) in [7, 11) is 0. The number of rotatable bonds is 5. The predicted molar refractivity (Wildman–Crippen MR) is 131 cm³/mol.